The van der Waals surface area contributed by atoms with Gasteiger partial charge in [0.25, 0.3) is 0 Å². The second-order valence-electron chi connectivity index (χ2n) is 4.73. The average Bonchev–Trinajstić information content (AvgIpc) is 3.23. The Morgan fingerprint density at radius 3 is 2.48 bits per heavy atom. The van der Waals surface area contributed by atoms with E-state index in [1.165, 1.54) is 4.31 Å². The molecule has 1 aromatic carbocycles. The maximum Gasteiger partial charge on any atom is 0.422 e. The summed E-state index contributed by atoms with van der Waals surface area (Å²) in [5.74, 6) is 0. The summed E-state index contributed by atoms with van der Waals surface area (Å²) in [5.41, 5.74) is 6.94. The highest BCUT2D eigenvalue weighted by Crippen LogP contribution is 2.33. The molecule has 0 spiro atoms. The number of hydrogen-bond acceptors (Lipinski definition) is 5. The number of nitrogens with two attached hydrogens (primary N) is 1. The van der Waals surface area contributed by atoms with Gasteiger partial charge in [-0.3, -0.25) is 4.31 Å². The molecule has 1 saturated carbocycles. The van der Waals surface area contributed by atoms with Crippen LogP contribution in [0.3, 0.4) is 0 Å². The largest absolute Gasteiger partial charge is 0.449 e. The molecule has 7 nitrogen and oxygen atoms in total. The first-order valence-corrected chi connectivity index (χ1v) is 8.20. The Balaban J connectivity index is 2.23. The molecule has 0 heterocycles. The second-order valence-corrected chi connectivity index (χ2v) is 6.27. The zero-order valence-corrected chi connectivity index (χ0v) is 12.6. The molecule has 116 valence electrons. The van der Waals surface area contributed by atoms with Crippen LogP contribution in [0.25, 0.3) is 0 Å². The van der Waals surface area contributed by atoms with Crippen LogP contribution in [0.1, 0.15) is 25.3 Å². The molecule has 8 heteroatoms. The summed E-state index contributed by atoms with van der Waals surface area (Å²) in [7, 11) is -3.98. The first-order valence-electron chi connectivity index (χ1n) is 6.76. The Kier molecular flexibility index (Phi) is 4.69. The van der Waals surface area contributed by atoms with Crippen LogP contribution in [0.4, 0.5) is 10.5 Å². The van der Waals surface area contributed by atoms with E-state index in [2.05, 4.69) is 4.74 Å². The van der Waals surface area contributed by atoms with Crippen molar-refractivity contribution in [3.05, 3.63) is 29.8 Å². The predicted molar refractivity (Wildman–Crippen MR) is 78.9 cm³/mol. The van der Waals surface area contributed by atoms with E-state index in [4.69, 9.17) is 5.73 Å². The van der Waals surface area contributed by atoms with Crippen molar-refractivity contribution in [1.29, 1.82) is 0 Å². The van der Waals surface area contributed by atoms with Crippen molar-refractivity contribution >= 4 is 22.0 Å². The highest BCUT2D eigenvalue weighted by molar-refractivity contribution is 7.91. The molecule has 1 aliphatic rings. The fraction of sp³-hybridized carbons (Fsp3) is 0.462. The third-order valence-corrected chi connectivity index (χ3v) is 4.50. The van der Waals surface area contributed by atoms with Gasteiger partial charge in [0.05, 0.1) is 12.3 Å². The van der Waals surface area contributed by atoms with E-state index >= 15 is 0 Å². The van der Waals surface area contributed by atoms with Crippen LogP contribution in [0.5, 0.6) is 0 Å². The monoisotopic (exact) mass is 313 g/mol. The third-order valence-electron chi connectivity index (χ3n) is 3.05. The molecular weight excluding hydrogens is 294 g/mol. The van der Waals surface area contributed by atoms with Gasteiger partial charge in [-0.1, -0.05) is 12.1 Å². The first-order chi connectivity index (χ1) is 9.97. The maximum atomic E-state index is 12.3. The number of carbonyl (C=O) groups is 1. The van der Waals surface area contributed by atoms with Crippen LogP contribution in [0.2, 0.25) is 0 Å². The van der Waals surface area contributed by atoms with Gasteiger partial charge in [-0.15, -0.1) is 0 Å². The van der Waals surface area contributed by atoms with Gasteiger partial charge >= 0.3 is 16.3 Å². The number of carbonyl (C=O) groups excluding carboxylic acids is 1. The third kappa shape index (κ3) is 3.85. The Morgan fingerprint density at radius 2 is 2.00 bits per heavy atom. The molecule has 21 heavy (non-hydrogen) atoms. The maximum absolute atomic E-state index is 12.3. The van der Waals surface area contributed by atoms with Crippen molar-refractivity contribution < 1.29 is 17.9 Å². The van der Waals surface area contributed by atoms with Crippen LogP contribution in [0, 0.1) is 0 Å². The molecule has 3 N–H and O–H groups in total. The Hall–Kier alpha value is -1.80. The lowest BCUT2D eigenvalue weighted by Crippen LogP contribution is -2.45. The minimum Gasteiger partial charge on any atom is -0.449 e. The van der Waals surface area contributed by atoms with Crippen LogP contribution in [-0.2, 0) is 21.5 Å². The van der Waals surface area contributed by atoms with Gasteiger partial charge < -0.3 is 10.5 Å². The molecule has 1 amide bonds. The van der Waals surface area contributed by atoms with Crippen molar-refractivity contribution in [1.82, 2.24) is 4.72 Å². The molecule has 1 aliphatic carbocycles. The van der Waals surface area contributed by atoms with Gasteiger partial charge in [-0.2, -0.15) is 8.42 Å². The average molecular weight is 313 g/mol. The molecule has 2 rings (SSSR count). The van der Waals surface area contributed by atoms with E-state index in [1.807, 2.05) is 4.72 Å². The smallest absolute Gasteiger partial charge is 0.422 e. The molecule has 0 bridgehead atoms. The summed E-state index contributed by atoms with van der Waals surface area (Å²) < 4.78 is 32.5. The highest BCUT2D eigenvalue weighted by Gasteiger charge is 2.38. The lowest BCUT2D eigenvalue weighted by Gasteiger charge is -2.24. The molecular formula is C13H19N3O4S. The minimum atomic E-state index is -3.98. The van der Waals surface area contributed by atoms with Crippen LogP contribution < -0.4 is 14.8 Å². The summed E-state index contributed by atoms with van der Waals surface area (Å²) in [6.07, 6.45) is 0.562. The highest BCUT2D eigenvalue weighted by atomic mass is 32.2. The molecule has 0 unspecified atom stereocenters. The number of hydrogen-bond donors (Lipinski definition) is 2. The molecule has 0 aliphatic heterocycles. The van der Waals surface area contributed by atoms with Gasteiger partial charge in [-0.05, 0) is 37.5 Å². The van der Waals surface area contributed by atoms with E-state index in [1.54, 1.807) is 31.2 Å². The topological polar surface area (TPSA) is 102 Å². The summed E-state index contributed by atoms with van der Waals surface area (Å²) in [6.45, 7) is 2.10. The Bertz CT molecular complexity index is 596. The van der Waals surface area contributed by atoms with Crippen LogP contribution >= 0.6 is 0 Å². The summed E-state index contributed by atoms with van der Waals surface area (Å²) in [6, 6.07) is 6.78. The zero-order valence-electron chi connectivity index (χ0n) is 11.8. The molecule has 0 aromatic heterocycles. The van der Waals surface area contributed by atoms with Crippen LogP contribution in [0.15, 0.2) is 24.3 Å². The van der Waals surface area contributed by atoms with Crippen LogP contribution in [-0.4, -0.2) is 27.2 Å². The molecule has 1 fully saturated rings. The SMILES string of the molecule is CCOC(=O)NS(=O)(=O)N(c1ccc(CN)cc1)C1CC1. The molecule has 1 aromatic rings. The Morgan fingerprint density at radius 1 is 1.38 bits per heavy atom. The normalized spacial score (nSPS) is 14.6. The molecule has 0 radical (unpaired) electrons. The number of benzene rings is 1. The quantitative estimate of drug-likeness (QED) is 0.819. The lowest BCUT2D eigenvalue weighted by atomic mass is 10.2. The van der Waals surface area contributed by atoms with E-state index in [0.29, 0.717) is 12.2 Å². The fourth-order valence-electron chi connectivity index (χ4n) is 1.95. The fourth-order valence-corrected chi connectivity index (χ4v) is 3.32. The van der Waals surface area contributed by atoms with E-state index in [9.17, 15) is 13.2 Å². The van der Waals surface area contributed by atoms with Crippen molar-refractivity contribution in [3.8, 4) is 0 Å². The number of rotatable bonds is 6. The number of nitrogens with zero attached hydrogens (tertiary/aromatic N) is 1. The van der Waals surface area contributed by atoms with Crippen molar-refractivity contribution in [3.63, 3.8) is 0 Å². The molecule has 0 saturated heterocycles. The predicted octanol–water partition coefficient (Wildman–Crippen LogP) is 1.10. The van der Waals surface area contributed by atoms with Gasteiger partial charge in [0, 0.05) is 12.6 Å². The van der Waals surface area contributed by atoms with Gasteiger partial charge in [0.15, 0.2) is 0 Å². The first kappa shape index (κ1) is 15.6. The number of ether oxygens (including phenoxy) is 1. The van der Waals surface area contributed by atoms with Gasteiger partial charge in [0.1, 0.15) is 0 Å². The zero-order chi connectivity index (χ0) is 15.5. The summed E-state index contributed by atoms with van der Waals surface area (Å²) in [4.78, 5) is 11.4. The number of nitrogens with one attached hydrogen (secondary N) is 1. The van der Waals surface area contributed by atoms with Crippen molar-refractivity contribution in [2.45, 2.75) is 32.4 Å². The van der Waals surface area contributed by atoms with Crippen molar-refractivity contribution in [2.24, 2.45) is 5.73 Å². The van der Waals surface area contributed by atoms with Gasteiger partial charge in [-0.25, -0.2) is 9.52 Å². The van der Waals surface area contributed by atoms with E-state index in [0.717, 1.165) is 18.4 Å². The Labute approximate surface area is 124 Å². The minimum absolute atomic E-state index is 0.107. The summed E-state index contributed by atoms with van der Waals surface area (Å²) in [5, 5.41) is 0. The standard InChI is InChI=1S/C13H19N3O4S/c1-2-20-13(17)15-21(18,19)16(12-7-8-12)11-5-3-10(9-14)4-6-11/h3-6,12H,2,7-9,14H2,1H3,(H,15,17). The van der Waals surface area contributed by atoms with Crippen molar-refractivity contribution in [2.75, 3.05) is 10.9 Å². The second kappa shape index (κ2) is 6.31. The van der Waals surface area contributed by atoms with Gasteiger partial charge in [0.2, 0.25) is 0 Å². The number of anilines is 1. The number of amides is 1. The van der Waals surface area contributed by atoms with E-state index in [-0.39, 0.29) is 12.6 Å². The molecule has 0 atom stereocenters. The van der Waals surface area contributed by atoms with E-state index < -0.39 is 16.3 Å². The lowest BCUT2D eigenvalue weighted by molar-refractivity contribution is 0.158. The summed E-state index contributed by atoms with van der Waals surface area (Å²) >= 11 is 0.